The summed E-state index contributed by atoms with van der Waals surface area (Å²) in [6.45, 7) is 12.1. The minimum absolute atomic E-state index is 0.381. The second-order valence-corrected chi connectivity index (χ2v) is 5.47. The average Bonchev–Trinajstić information content (AvgIpc) is 2.27. The molecule has 1 unspecified atom stereocenters. The Morgan fingerprint density at radius 2 is 1.94 bits per heavy atom. The van der Waals surface area contributed by atoms with E-state index in [4.69, 9.17) is 4.74 Å². The molecule has 0 aliphatic heterocycles. The first-order chi connectivity index (χ1) is 8.08. The highest BCUT2D eigenvalue weighted by Crippen LogP contribution is 2.23. The monoisotopic (exact) mass is 244 g/mol. The molecule has 3 nitrogen and oxygen atoms in total. The molecular weight excluding hydrogens is 212 g/mol. The Bertz CT molecular complexity index is 176. The van der Waals surface area contributed by atoms with E-state index in [1.165, 1.54) is 19.3 Å². The lowest BCUT2D eigenvalue weighted by molar-refractivity contribution is 0.124. The Labute approximate surface area is 108 Å². The van der Waals surface area contributed by atoms with Crippen LogP contribution in [0.4, 0.5) is 0 Å². The molecule has 17 heavy (non-hydrogen) atoms. The topological polar surface area (TPSA) is 24.5 Å². The van der Waals surface area contributed by atoms with Crippen molar-refractivity contribution in [1.29, 1.82) is 0 Å². The summed E-state index contributed by atoms with van der Waals surface area (Å²) in [6, 6.07) is 0. The first-order valence-corrected chi connectivity index (χ1v) is 6.96. The van der Waals surface area contributed by atoms with Gasteiger partial charge in [-0.1, -0.05) is 27.2 Å². The van der Waals surface area contributed by atoms with Crippen molar-refractivity contribution in [1.82, 2.24) is 10.2 Å². The summed E-state index contributed by atoms with van der Waals surface area (Å²) in [4.78, 5) is 2.38. The number of hydrogen-bond donors (Lipinski definition) is 1. The highest BCUT2D eigenvalue weighted by atomic mass is 16.5. The Hall–Kier alpha value is -0.120. The zero-order valence-corrected chi connectivity index (χ0v) is 12.5. The summed E-state index contributed by atoms with van der Waals surface area (Å²) in [5.41, 5.74) is 0.381. The van der Waals surface area contributed by atoms with Gasteiger partial charge in [0.25, 0.3) is 0 Å². The van der Waals surface area contributed by atoms with Crippen molar-refractivity contribution >= 4 is 0 Å². The molecule has 0 aliphatic carbocycles. The predicted molar refractivity (Wildman–Crippen MR) is 75.5 cm³/mol. The lowest BCUT2D eigenvalue weighted by Gasteiger charge is -2.34. The van der Waals surface area contributed by atoms with Crippen LogP contribution in [0.25, 0.3) is 0 Å². The van der Waals surface area contributed by atoms with Crippen molar-refractivity contribution in [3.8, 4) is 0 Å². The number of nitrogens with zero attached hydrogens (tertiary/aromatic N) is 1. The molecule has 0 aliphatic rings. The molecule has 0 aromatic rings. The summed E-state index contributed by atoms with van der Waals surface area (Å²) in [7, 11) is 3.95. The minimum atomic E-state index is 0.381. The van der Waals surface area contributed by atoms with E-state index in [-0.39, 0.29) is 0 Å². The van der Waals surface area contributed by atoms with Crippen LogP contribution in [0.3, 0.4) is 0 Å². The fraction of sp³-hybridized carbons (Fsp3) is 1.00. The van der Waals surface area contributed by atoms with Gasteiger partial charge in [-0.2, -0.15) is 0 Å². The molecule has 0 aromatic heterocycles. The number of hydrogen-bond acceptors (Lipinski definition) is 3. The first kappa shape index (κ1) is 16.9. The second kappa shape index (κ2) is 9.86. The maximum Gasteiger partial charge on any atom is 0.0589 e. The quantitative estimate of drug-likeness (QED) is 0.565. The Morgan fingerprint density at radius 1 is 1.24 bits per heavy atom. The van der Waals surface area contributed by atoms with Gasteiger partial charge in [0.1, 0.15) is 0 Å². The third kappa shape index (κ3) is 8.58. The molecule has 0 rings (SSSR count). The largest absolute Gasteiger partial charge is 0.383 e. The average molecular weight is 244 g/mol. The van der Waals surface area contributed by atoms with E-state index < -0.39 is 0 Å². The maximum absolute atomic E-state index is 5.13. The molecule has 0 amide bonds. The van der Waals surface area contributed by atoms with Crippen LogP contribution in [0.1, 0.15) is 40.0 Å². The second-order valence-electron chi connectivity index (χ2n) is 5.47. The van der Waals surface area contributed by atoms with Crippen molar-refractivity contribution in [3.05, 3.63) is 0 Å². The highest BCUT2D eigenvalue weighted by Gasteiger charge is 2.24. The van der Waals surface area contributed by atoms with Crippen LogP contribution < -0.4 is 5.32 Å². The van der Waals surface area contributed by atoms with Crippen LogP contribution in [-0.4, -0.2) is 51.8 Å². The fourth-order valence-corrected chi connectivity index (χ4v) is 2.37. The maximum atomic E-state index is 5.13. The summed E-state index contributed by atoms with van der Waals surface area (Å²) in [5, 5.41) is 3.56. The molecule has 3 heteroatoms. The molecule has 104 valence electrons. The molecule has 0 aromatic carbocycles. The number of ether oxygens (including phenoxy) is 1. The summed E-state index contributed by atoms with van der Waals surface area (Å²) < 4.78 is 5.13. The van der Waals surface area contributed by atoms with Gasteiger partial charge < -0.3 is 15.0 Å². The summed E-state index contributed by atoms with van der Waals surface area (Å²) >= 11 is 0. The summed E-state index contributed by atoms with van der Waals surface area (Å²) in [6.07, 6.45) is 3.74. The van der Waals surface area contributed by atoms with Gasteiger partial charge in [0.15, 0.2) is 0 Å². The molecule has 0 saturated carbocycles. The van der Waals surface area contributed by atoms with Gasteiger partial charge in [-0.25, -0.2) is 0 Å². The molecule has 0 heterocycles. The van der Waals surface area contributed by atoms with Crippen LogP contribution in [0.15, 0.2) is 0 Å². The molecule has 0 bridgehead atoms. The van der Waals surface area contributed by atoms with Crippen molar-refractivity contribution in [2.45, 2.75) is 40.0 Å². The Balaban J connectivity index is 4.08. The zero-order chi connectivity index (χ0) is 13.1. The van der Waals surface area contributed by atoms with Crippen LogP contribution in [-0.2, 0) is 4.74 Å². The van der Waals surface area contributed by atoms with Crippen LogP contribution in [0, 0.1) is 5.41 Å². The van der Waals surface area contributed by atoms with Gasteiger partial charge in [0.2, 0.25) is 0 Å². The Morgan fingerprint density at radius 3 is 2.47 bits per heavy atom. The van der Waals surface area contributed by atoms with Crippen molar-refractivity contribution < 1.29 is 4.74 Å². The fourth-order valence-electron chi connectivity index (χ4n) is 2.37. The number of rotatable bonds is 11. The predicted octanol–water partition coefficient (Wildman–Crippen LogP) is 2.37. The van der Waals surface area contributed by atoms with E-state index in [1.54, 1.807) is 7.11 Å². The third-order valence-corrected chi connectivity index (χ3v) is 3.16. The van der Waals surface area contributed by atoms with Gasteiger partial charge in [0, 0.05) is 26.7 Å². The van der Waals surface area contributed by atoms with Crippen molar-refractivity contribution in [3.63, 3.8) is 0 Å². The van der Waals surface area contributed by atoms with Crippen LogP contribution in [0.5, 0.6) is 0 Å². The SMILES string of the molecule is CCCNCC(C)(CCC)CN(C)CCOC. The number of likely N-dealkylation sites (N-methyl/N-ethyl adjacent to an activating group) is 1. The smallest absolute Gasteiger partial charge is 0.0589 e. The molecule has 1 atom stereocenters. The van der Waals surface area contributed by atoms with Crippen LogP contribution >= 0.6 is 0 Å². The lowest BCUT2D eigenvalue weighted by Crippen LogP contribution is -2.42. The molecular formula is C14H32N2O. The van der Waals surface area contributed by atoms with Gasteiger partial charge >= 0.3 is 0 Å². The summed E-state index contributed by atoms with van der Waals surface area (Å²) in [5.74, 6) is 0. The Kier molecular flexibility index (Phi) is 9.79. The van der Waals surface area contributed by atoms with Crippen molar-refractivity contribution in [2.75, 3.05) is 46.9 Å². The molecule has 1 N–H and O–H groups in total. The zero-order valence-electron chi connectivity index (χ0n) is 12.5. The van der Waals surface area contributed by atoms with Gasteiger partial charge in [-0.05, 0) is 31.8 Å². The van der Waals surface area contributed by atoms with E-state index in [0.717, 1.165) is 32.8 Å². The van der Waals surface area contributed by atoms with E-state index in [1.807, 2.05) is 0 Å². The normalized spacial score (nSPS) is 15.2. The molecule has 0 spiro atoms. The van der Waals surface area contributed by atoms with E-state index in [0.29, 0.717) is 5.41 Å². The first-order valence-electron chi connectivity index (χ1n) is 6.96. The standard InChI is InChI=1S/C14H32N2O/c1-6-8-14(3,12-15-9-7-2)13-16(4)10-11-17-5/h15H,6-13H2,1-5H3. The molecule has 0 radical (unpaired) electrons. The highest BCUT2D eigenvalue weighted by molar-refractivity contribution is 4.79. The van der Waals surface area contributed by atoms with E-state index in [2.05, 4.69) is 38.0 Å². The molecule has 0 saturated heterocycles. The van der Waals surface area contributed by atoms with E-state index >= 15 is 0 Å². The minimum Gasteiger partial charge on any atom is -0.383 e. The van der Waals surface area contributed by atoms with Crippen LogP contribution in [0.2, 0.25) is 0 Å². The molecule has 0 fully saturated rings. The van der Waals surface area contributed by atoms with E-state index in [9.17, 15) is 0 Å². The third-order valence-electron chi connectivity index (χ3n) is 3.16. The number of nitrogens with one attached hydrogen (secondary N) is 1. The number of methoxy groups -OCH3 is 1. The lowest BCUT2D eigenvalue weighted by atomic mass is 9.85. The van der Waals surface area contributed by atoms with Gasteiger partial charge in [0.05, 0.1) is 6.61 Å². The van der Waals surface area contributed by atoms with Crippen molar-refractivity contribution in [2.24, 2.45) is 5.41 Å². The van der Waals surface area contributed by atoms with Gasteiger partial charge in [-0.3, -0.25) is 0 Å². The van der Waals surface area contributed by atoms with Gasteiger partial charge in [-0.15, -0.1) is 0 Å².